The van der Waals surface area contributed by atoms with E-state index in [1.54, 1.807) is 6.07 Å². The quantitative estimate of drug-likeness (QED) is 0.736. The van der Waals surface area contributed by atoms with Gasteiger partial charge in [-0.1, -0.05) is 36.4 Å². The Balaban J connectivity index is 2.81. The van der Waals surface area contributed by atoms with Crippen LogP contribution in [0.15, 0.2) is 42.5 Å². The minimum atomic E-state index is 0.540. The SMILES string of the molecule is Cc1ccc(C#N)c(-c2ccccc2)c1C#N. The van der Waals surface area contributed by atoms with Crippen LogP contribution in [-0.4, -0.2) is 0 Å². The van der Waals surface area contributed by atoms with Crippen molar-refractivity contribution in [2.75, 3.05) is 0 Å². The first-order valence-corrected chi connectivity index (χ1v) is 5.27. The Hall–Kier alpha value is -2.58. The molecule has 0 N–H and O–H groups in total. The van der Waals surface area contributed by atoms with Gasteiger partial charge in [0.05, 0.1) is 17.2 Å². The van der Waals surface area contributed by atoms with Crippen molar-refractivity contribution in [3.8, 4) is 23.3 Å². The first kappa shape index (κ1) is 10.9. The summed E-state index contributed by atoms with van der Waals surface area (Å²) >= 11 is 0. The second-order valence-corrected chi connectivity index (χ2v) is 3.77. The number of hydrogen-bond donors (Lipinski definition) is 0. The lowest BCUT2D eigenvalue weighted by Crippen LogP contribution is -1.92. The Morgan fingerprint density at radius 3 is 2.18 bits per heavy atom. The van der Waals surface area contributed by atoms with Crippen LogP contribution in [-0.2, 0) is 0 Å². The highest BCUT2D eigenvalue weighted by Crippen LogP contribution is 2.29. The minimum absolute atomic E-state index is 0.540. The summed E-state index contributed by atoms with van der Waals surface area (Å²) in [7, 11) is 0. The van der Waals surface area contributed by atoms with E-state index in [-0.39, 0.29) is 0 Å². The van der Waals surface area contributed by atoms with Crippen molar-refractivity contribution >= 4 is 0 Å². The average molecular weight is 218 g/mol. The summed E-state index contributed by atoms with van der Waals surface area (Å²) in [5.41, 5.74) is 3.65. The smallest absolute Gasteiger partial charge is 0.100 e. The number of rotatable bonds is 1. The maximum atomic E-state index is 9.22. The van der Waals surface area contributed by atoms with Gasteiger partial charge in [-0.15, -0.1) is 0 Å². The maximum Gasteiger partial charge on any atom is 0.100 e. The number of hydrogen-bond acceptors (Lipinski definition) is 2. The van der Waals surface area contributed by atoms with Crippen LogP contribution in [0.4, 0.5) is 0 Å². The summed E-state index contributed by atoms with van der Waals surface area (Å²) in [6.07, 6.45) is 0. The third-order valence-electron chi connectivity index (χ3n) is 2.71. The summed E-state index contributed by atoms with van der Waals surface area (Å²) in [6, 6.07) is 17.4. The zero-order chi connectivity index (χ0) is 12.3. The maximum absolute atomic E-state index is 9.22. The van der Waals surface area contributed by atoms with Crippen LogP contribution in [0.25, 0.3) is 11.1 Å². The predicted molar refractivity (Wildman–Crippen MR) is 66.0 cm³/mol. The van der Waals surface area contributed by atoms with Crippen LogP contribution in [0.3, 0.4) is 0 Å². The molecule has 0 spiro atoms. The van der Waals surface area contributed by atoms with Crippen LogP contribution in [0, 0.1) is 29.6 Å². The van der Waals surface area contributed by atoms with Gasteiger partial charge in [-0.2, -0.15) is 10.5 Å². The van der Waals surface area contributed by atoms with E-state index < -0.39 is 0 Å². The van der Waals surface area contributed by atoms with Gasteiger partial charge in [0.25, 0.3) is 0 Å². The largest absolute Gasteiger partial charge is 0.192 e. The Morgan fingerprint density at radius 1 is 0.882 bits per heavy atom. The lowest BCUT2D eigenvalue weighted by atomic mass is 9.92. The molecule has 0 fully saturated rings. The molecule has 0 aliphatic rings. The van der Waals surface area contributed by atoms with Gasteiger partial charge in [0, 0.05) is 5.56 Å². The lowest BCUT2D eigenvalue weighted by Gasteiger charge is -2.08. The van der Waals surface area contributed by atoms with E-state index in [2.05, 4.69) is 12.1 Å². The van der Waals surface area contributed by atoms with Crippen LogP contribution in [0.5, 0.6) is 0 Å². The fourth-order valence-electron chi connectivity index (χ4n) is 1.85. The van der Waals surface area contributed by atoms with E-state index in [9.17, 15) is 5.26 Å². The zero-order valence-electron chi connectivity index (χ0n) is 9.44. The van der Waals surface area contributed by atoms with E-state index >= 15 is 0 Å². The normalized spacial score (nSPS) is 9.35. The molecule has 0 aliphatic heterocycles. The summed E-state index contributed by atoms with van der Waals surface area (Å²) < 4.78 is 0. The Morgan fingerprint density at radius 2 is 1.59 bits per heavy atom. The third-order valence-corrected chi connectivity index (χ3v) is 2.71. The number of benzene rings is 2. The monoisotopic (exact) mass is 218 g/mol. The number of nitriles is 2. The molecule has 2 nitrogen and oxygen atoms in total. The topological polar surface area (TPSA) is 47.6 Å². The lowest BCUT2D eigenvalue weighted by molar-refractivity contribution is 1.37. The molecule has 0 heterocycles. The molecule has 0 unspecified atom stereocenters. The van der Waals surface area contributed by atoms with Gasteiger partial charge in [0.2, 0.25) is 0 Å². The van der Waals surface area contributed by atoms with E-state index in [4.69, 9.17) is 5.26 Å². The van der Waals surface area contributed by atoms with Crippen molar-refractivity contribution in [2.24, 2.45) is 0 Å². The van der Waals surface area contributed by atoms with Crippen LogP contribution < -0.4 is 0 Å². The van der Waals surface area contributed by atoms with Gasteiger partial charge in [-0.25, -0.2) is 0 Å². The number of nitrogens with zero attached hydrogens (tertiary/aromatic N) is 2. The third kappa shape index (κ3) is 1.89. The molecule has 2 aromatic carbocycles. The van der Waals surface area contributed by atoms with Gasteiger partial charge in [0.15, 0.2) is 0 Å². The van der Waals surface area contributed by atoms with E-state index in [1.807, 2.05) is 43.3 Å². The van der Waals surface area contributed by atoms with Crippen molar-refractivity contribution in [3.63, 3.8) is 0 Å². The van der Waals surface area contributed by atoms with Crippen LogP contribution in [0.2, 0.25) is 0 Å². The van der Waals surface area contributed by atoms with Crippen molar-refractivity contribution in [1.29, 1.82) is 10.5 Å². The zero-order valence-corrected chi connectivity index (χ0v) is 9.44. The molecule has 0 aromatic heterocycles. The summed E-state index contributed by atoms with van der Waals surface area (Å²) in [4.78, 5) is 0. The van der Waals surface area contributed by atoms with Gasteiger partial charge in [-0.05, 0) is 24.1 Å². The van der Waals surface area contributed by atoms with Crippen molar-refractivity contribution in [3.05, 3.63) is 59.2 Å². The molecule has 0 amide bonds. The highest BCUT2D eigenvalue weighted by molar-refractivity contribution is 5.77. The fraction of sp³-hybridized carbons (Fsp3) is 0.0667. The molecule has 0 saturated carbocycles. The summed E-state index contributed by atoms with van der Waals surface area (Å²) in [6.45, 7) is 1.88. The van der Waals surface area contributed by atoms with Crippen molar-refractivity contribution in [2.45, 2.75) is 6.92 Å². The van der Waals surface area contributed by atoms with Gasteiger partial charge in [0.1, 0.15) is 6.07 Å². The molecule has 0 bridgehead atoms. The first-order valence-electron chi connectivity index (χ1n) is 5.27. The van der Waals surface area contributed by atoms with E-state index in [1.165, 1.54) is 0 Å². The molecule has 2 aromatic rings. The fourth-order valence-corrected chi connectivity index (χ4v) is 1.85. The van der Waals surface area contributed by atoms with Crippen LogP contribution >= 0.6 is 0 Å². The molecule has 0 saturated heterocycles. The Labute approximate surface area is 100 Å². The predicted octanol–water partition coefficient (Wildman–Crippen LogP) is 3.41. The Kier molecular flexibility index (Phi) is 2.90. The molecular formula is C15H10N2. The standard InChI is InChI=1S/C15H10N2/c1-11-7-8-13(9-16)15(14(11)10-17)12-5-3-2-4-6-12/h2-8H,1H3. The van der Waals surface area contributed by atoms with E-state index in [0.29, 0.717) is 11.1 Å². The van der Waals surface area contributed by atoms with Gasteiger partial charge in [-0.3, -0.25) is 0 Å². The van der Waals surface area contributed by atoms with Gasteiger partial charge >= 0.3 is 0 Å². The number of aryl methyl sites for hydroxylation is 1. The second kappa shape index (κ2) is 4.51. The molecule has 2 heteroatoms. The van der Waals surface area contributed by atoms with Gasteiger partial charge < -0.3 is 0 Å². The molecule has 2 rings (SSSR count). The molecular weight excluding hydrogens is 208 g/mol. The molecule has 0 radical (unpaired) electrons. The van der Waals surface area contributed by atoms with Crippen molar-refractivity contribution < 1.29 is 0 Å². The highest BCUT2D eigenvalue weighted by Gasteiger charge is 2.12. The Bertz CT molecular complexity index is 628. The van der Waals surface area contributed by atoms with Crippen molar-refractivity contribution in [1.82, 2.24) is 0 Å². The second-order valence-electron chi connectivity index (χ2n) is 3.77. The molecule has 17 heavy (non-hydrogen) atoms. The molecule has 0 atom stereocenters. The average Bonchev–Trinajstić information content (AvgIpc) is 2.39. The minimum Gasteiger partial charge on any atom is -0.192 e. The summed E-state index contributed by atoms with van der Waals surface area (Å²) in [5, 5.41) is 18.4. The highest BCUT2D eigenvalue weighted by atomic mass is 14.3. The first-order chi connectivity index (χ1) is 8.27. The molecule has 0 aliphatic carbocycles. The summed E-state index contributed by atoms with van der Waals surface area (Å²) in [5.74, 6) is 0. The van der Waals surface area contributed by atoms with E-state index in [0.717, 1.165) is 16.7 Å². The van der Waals surface area contributed by atoms with Crippen LogP contribution in [0.1, 0.15) is 16.7 Å². The molecule has 80 valence electrons.